The van der Waals surface area contributed by atoms with Crippen molar-refractivity contribution in [2.24, 2.45) is 0 Å². The van der Waals surface area contributed by atoms with Gasteiger partial charge in [0.15, 0.2) is 0 Å². The highest BCUT2D eigenvalue weighted by Crippen LogP contribution is 2.35. The summed E-state index contributed by atoms with van der Waals surface area (Å²) in [4.78, 5) is 13.9. The van der Waals surface area contributed by atoms with Crippen molar-refractivity contribution in [3.05, 3.63) is 58.1 Å². The number of anilines is 2. The molecule has 0 radical (unpaired) electrons. The molecule has 2 aromatic rings. The standard InChI is InChI=1S/C15H13BrN2O/c16-12-6-4-10(5-7-12)9-18-14(19)8-11-2-1-3-13(17)15(11)18/h1-7H,8-9,17H2. The predicted molar refractivity (Wildman–Crippen MR) is 79.9 cm³/mol. The van der Waals surface area contributed by atoms with Gasteiger partial charge in [-0.3, -0.25) is 4.79 Å². The number of amides is 1. The van der Waals surface area contributed by atoms with Crippen LogP contribution in [0.4, 0.5) is 11.4 Å². The highest BCUT2D eigenvalue weighted by molar-refractivity contribution is 9.10. The van der Waals surface area contributed by atoms with Crippen LogP contribution in [0.1, 0.15) is 11.1 Å². The molecular formula is C15H13BrN2O. The van der Waals surface area contributed by atoms with Gasteiger partial charge in [-0.15, -0.1) is 0 Å². The van der Waals surface area contributed by atoms with Crippen molar-refractivity contribution in [3.8, 4) is 0 Å². The number of carbonyl (C=O) groups excluding carboxylic acids is 1. The van der Waals surface area contributed by atoms with E-state index < -0.39 is 0 Å². The van der Waals surface area contributed by atoms with Gasteiger partial charge in [0, 0.05) is 4.47 Å². The van der Waals surface area contributed by atoms with E-state index in [1.165, 1.54) is 0 Å². The molecule has 19 heavy (non-hydrogen) atoms. The van der Waals surface area contributed by atoms with Crippen molar-refractivity contribution in [1.82, 2.24) is 0 Å². The van der Waals surface area contributed by atoms with Crippen molar-refractivity contribution in [2.45, 2.75) is 13.0 Å². The lowest BCUT2D eigenvalue weighted by Gasteiger charge is -2.19. The van der Waals surface area contributed by atoms with Crippen LogP contribution in [0.3, 0.4) is 0 Å². The van der Waals surface area contributed by atoms with Crippen molar-refractivity contribution in [1.29, 1.82) is 0 Å². The molecule has 3 rings (SSSR count). The van der Waals surface area contributed by atoms with Gasteiger partial charge >= 0.3 is 0 Å². The van der Waals surface area contributed by atoms with E-state index in [1.807, 2.05) is 42.5 Å². The van der Waals surface area contributed by atoms with Gasteiger partial charge in [-0.1, -0.05) is 40.2 Å². The first-order valence-corrected chi connectivity index (χ1v) is 6.86. The Balaban J connectivity index is 1.94. The van der Waals surface area contributed by atoms with Crippen LogP contribution in [0, 0.1) is 0 Å². The molecule has 0 saturated heterocycles. The second-order valence-corrected chi connectivity index (χ2v) is 5.55. The number of fused-ring (bicyclic) bond motifs is 1. The van der Waals surface area contributed by atoms with E-state index >= 15 is 0 Å². The molecule has 0 aliphatic carbocycles. The minimum atomic E-state index is 0.107. The van der Waals surface area contributed by atoms with Crippen LogP contribution in [-0.4, -0.2) is 5.91 Å². The fraction of sp³-hybridized carbons (Fsp3) is 0.133. The lowest BCUT2D eigenvalue weighted by Crippen LogP contribution is -2.26. The number of nitrogens with zero attached hydrogens (tertiary/aromatic N) is 1. The van der Waals surface area contributed by atoms with Gasteiger partial charge in [0.1, 0.15) is 0 Å². The number of hydrogen-bond acceptors (Lipinski definition) is 2. The number of nitrogens with two attached hydrogens (primary N) is 1. The van der Waals surface area contributed by atoms with Crippen molar-refractivity contribution >= 4 is 33.2 Å². The molecule has 96 valence electrons. The van der Waals surface area contributed by atoms with E-state index in [1.54, 1.807) is 4.90 Å². The minimum absolute atomic E-state index is 0.107. The minimum Gasteiger partial charge on any atom is -0.397 e. The summed E-state index contributed by atoms with van der Waals surface area (Å²) in [6.07, 6.45) is 0.441. The van der Waals surface area contributed by atoms with Crippen molar-refractivity contribution in [3.63, 3.8) is 0 Å². The fourth-order valence-electron chi connectivity index (χ4n) is 2.41. The summed E-state index contributed by atoms with van der Waals surface area (Å²) in [6.45, 7) is 0.563. The summed E-state index contributed by atoms with van der Waals surface area (Å²) in [5.41, 5.74) is 9.65. The molecule has 2 aromatic carbocycles. The van der Waals surface area contributed by atoms with Crippen molar-refractivity contribution in [2.75, 3.05) is 10.6 Å². The van der Waals surface area contributed by atoms with Gasteiger partial charge in [0.05, 0.1) is 24.3 Å². The molecule has 0 spiro atoms. The summed E-state index contributed by atoms with van der Waals surface area (Å²) in [5.74, 6) is 0.107. The summed E-state index contributed by atoms with van der Waals surface area (Å²) < 4.78 is 1.03. The molecule has 4 heteroatoms. The maximum Gasteiger partial charge on any atom is 0.231 e. The van der Waals surface area contributed by atoms with Crippen LogP contribution >= 0.6 is 15.9 Å². The van der Waals surface area contributed by atoms with Gasteiger partial charge in [-0.05, 0) is 29.3 Å². The Morgan fingerprint density at radius 2 is 1.89 bits per heavy atom. The summed E-state index contributed by atoms with van der Waals surface area (Å²) in [6, 6.07) is 13.7. The maximum atomic E-state index is 12.1. The van der Waals surface area contributed by atoms with Crippen molar-refractivity contribution < 1.29 is 4.79 Å². The van der Waals surface area contributed by atoms with Gasteiger partial charge < -0.3 is 10.6 Å². The number of halogens is 1. The SMILES string of the molecule is Nc1cccc2c1N(Cc1ccc(Br)cc1)C(=O)C2. The molecule has 0 unspecified atom stereocenters. The Morgan fingerprint density at radius 1 is 1.16 bits per heavy atom. The third kappa shape index (κ3) is 2.24. The summed E-state index contributed by atoms with van der Waals surface area (Å²) in [7, 11) is 0. The zero-order valence-corrected chi connectivity index (χ0v) is 11.9. The molecule has 2 N–H and O–H groups in total. The van der Waals surface area contributed by atoms with Crippen LogP contribution in [0.2, 0.25) is 0 Å². The molecule has 3 nitrogen and oxygen atoms in total. The van der Waals surface area contributed by atoms with Crippen LogP contribution in [0.25, 0.3) is 0 Å². The Hall–Kier alpha value is -1.81. The van der Waals surface area contributed by atoms with Crippen LogP contribution in [0.5, 0.6) is 0 Å². The number of nitrogen functional groups attached to an aromatic ring is 1. The molecule has 1 amide bonds. The average molecular weight is 317 g/mol. The normalized spacial score (nSPS) is 13.7. The number of hydrogen-bond donors (Lipinski definition) is 1. The summed E-state index contributed by atoms with van der Waals surface area (Å²) in [5, 5.41) is 0. The van der Waals surface area contributed by atoms with E-state index in [0.717, 1.165) is 21.3 Å². The number of para-hydroxylation sites is 1. The third-order valence-corrected chi connectivity index (χ3v) is 3.85. The van der Waals surface area contributed by atoms with Gasteiger partial charge in [0.2, 0.25) is 5.91 Å². The molecule has 0 aromatic heterocycles. The third-order valence-electron chi connectivity index (χ3n) is 3.32. The lowest BCUT2D eigenvalue weighted by molar-refractivity contribution is -0.117. The Kier molecular flexibility index (Phi) is 3.03. The molecular weight excluding hydrogens is 304 g/mol. The molecule has 1 aliphatic rings. The van der Waals surface area contributed by atoms with E-state index in [4.69, 9.17) is 5.73 Å². The van der Waals surface area contributed by atoms with Crippen LogP contribution in [0.15, 0.2) is 46.9 Å². The largest absolute Gasteiger partial charge is 0.397 e. The predicted octanol–water partition coefficient (Wildman–Crippen LogP) is 3.12. The van der Waals surface area contributed by atoms with Gasteiger partial charge in [-0.25, -0.2) is 0 Å². The lowest BCUT2D eigenvalue weighted by atomic mass is 10.1. The molecule has 1 aliphatic heterocycles. The molecule has 0 fully saturated rings. The van der Waals surface area contributed by atoms with Gasteiger partial charge in [-0.2, -0.15) is 0 Å². The zero-order chi connectivity index (χ0) is 13.4. The van der Waals surface area contributed by atoms with Gasteiger partial charge in [0.25, 0.3) is 0 Å². The first-order valence-electron chi connectivity index (χ1n) is 6.07. The summed E-state index contributed by atoms with van der Waals surface area (Å²) >= 11 is 3.41. The van der Waals surface area contributed by atoms with Crippen LogP contribution < -0.4 is 10.6 Å². The zero-order valence-electron chi connectivity index (χ0n) is 10.3. The molecule has 0 bridgehead atoms. The first kappa shape index (κ1) is 12.2. The number of carbonyl (C=O) groups is 1. The number of rotatable bonds is 2. The molecule has 0 saturated carbocycles. The second kappa shape index (κ2) is 4.70. The maximum absolute atomic E-state index is 12.1. The second-order valence-electron chi connectivity index (χ2n) is 4.64. The quantitative estimate of drug-likeness (QED) is 0.865. The smallest absolute Gasteiger partial charge is 0.231 e. The Labute approximate surface area is 120 Å². The molecule has 0 atom stereocenters. The first-order chi connectivity index (χ1) is 9.15. The highest BCUT2D eigenvalue weighted by atomic mass is 79.9. The Bertz CT molecular complexity index is 637. The van der Waals surface area contributed by atoms with E-state index in [0.29, 0.717) is 18.7 Å². The number of benzene rings is 2. The fourth-order valence-corrected chi connectivity index (χ4v) is 2.67. The topological polar surface area (TPSA) is 46.3 Å². The van der Waals surface area contributed by atoms with E-state index in [9.17, 15) is 4.79 Å². The molecule has 1 heterocycles. The Morgan fingerprint density at radius 3 is 2.63 bits per heavy atom. The van der Waals surface area contributed by atoms with E-state index in [-0.39, 0.29) is 5.91 Å². The highest BCUT2D eigenvalue weighted by Gasteiger charge is 2.28. The van der Waals surface area contributed by atoms with E-state index in [2.05, 4.69) is 15.9 Å². The monoisotopic (exact) mass is 316 g/mol. The van der Waals surface area contributed by atoms with Crippen LogP contribution in [-0.2, 0) is 17.8 Å². The average Bonchev–Trinajstić information content (AvgIpc) is 2.70.